The zero-order chi connectivity index (χ0) is 22.6. The number of carbonyl (C=O) groups excluding carboxylic acids is 1. The van der Waals surface area contributed by atoms with E-state index in [9.17, 15) is 9.18 Å². The van der Waals surface area contributed by atoms with Crippen LogP contribution in [0.4, 0.5) is 10.1 Å². The molecule has 172 valence electrons. The van der Waals surface area contributed by atoms with E-state index >= 15 is 0 Å². The van der Waals surface area contributed by atoms with Gasteiger partial charge in [-0.15, -0.1) is 10.2 Å². The van der Waals surface area contributed by atoms with Crippen LogP contribution in [-0.2, 0) is 6.42 Å². The Morgan fingerprint density at radius 2 is 2.18 bits per heavy atom. The van der Waals surface area contributed by atoms with Crippen LogP contribution in [0.15, 0.2) is 30.7 Å². The van der Waals surface area contributed by atoms with Crippen molar-refractivity contribution in [2.75, 3.05) is 38.0 Å². The van der Waals surface area contributed by atoms with Crippen molar-refractivity contribution < 1.29 is 13.9 Å². The minimum absolute atomic E-state index is 0.124. The summed E-state index contributed by atoms with van der Waals surface area (Å²) in [6.07, 6.45) is 5.80. The fourth-order valence-electron chi connectivity index (χ4n) is 5.41. The Hall–Kier alpha value is -2.91. The van der Waals surface area contributed by atoms with Crippen LogP contribution in [0.25, 0.3) is 5.65 Å². The highest BCUT2D eigenvalue weighted by molar-refractivity contribution is 6.34. The maximum absolute atomic E-state index is 14.2. The molecule has 3 aromatic rings. The van der Waals surface area contributed by atoms with Crippen molar-refractivity contribution in [1.29, 1.82) is 0 Å². The summed E-state index contributed by atoms with van der Waals surface area (Å²) in [5.74, 6) is 0.348. The molecule has 1 saturated carbocycles. The molecule has 1 spiro atoms. The molecule has 0 unspecified atom stereocenters. The number of halogens is 2. The molecule has 3 aliphatic rings. The topological polar surface area (TPSA) is 83.8 Å². The molecular formula is C23H24ClFN6O2. The van der Waals surface area contributed by atoms with Gasteiger partial charge in [-0.25, -0.2) is 4.39 Å². The van der Waals surface area contributed by atoms with Gasteiger partial charge in [-0.1, -0.05) is 11.6 Å². The van der Waals surface area contributed by atoms with E-state index in [-0.39, 0.29) is 17.8 Å². The minimum atomic E-state index is -0.316. The van der Waals surface area contributed by atoms with Gasteiger partial charge < -0.3 is 20.3 Å². The predicted molar refractivity (Wildman–Crippen MR) is 121 cm³/mol. The molecule has 0 atom stereocenters. The number of rotatable bonds is 6. The average molecular weight is 471 g/mol. The zero-order valence-corrected chi connectivity index (χ0v) is 18.7. The van der Waals surface area contributed by atoms with Crippen molar-refractivity contribution in [3.63, 3.8) is 0 Å². The van der Waals surface area contributed by atoms with Crippen molar-refractivity contribution in [2.24, 2.45) is 5.41 Å². The van der Waals surface area contributed by atoms with Gasteiger partial charge in [0, 0.05) is 56.0 Å². The van der Waals surface area contributed by atoms with Gasteiger partial charge in [0.2, 0.25) is 0 Å². The molecule has 1 saturated heterocycles. The number of nitrogens with zero attached hydrogens (tertiary/aromatic N) is 4. The molecular weight excluding hydrogens is 447 g/mol. The van der Waals surface area contributed by atoms with Crippen LogP contribution in [-0.4, -0.2) is 64.2 Å². The number of carbonyl (C=O) groups is 1. The first-order valence-electron chi connectivity index (χ1n) is 11.2. The summed E-state index contributed by atoms with van der Waals surface area (Å²) in [5, 5.41) is 14.2. The fraction of sp³-hybridized carbons (Fsp3) is 0.435. The number of anilines is 1. The minimum Gasteiger partial charge on any atom is -0.490 e. The van der Waals surface area contributed by atoms with Gasteiger partial charge in [0.25, 0.3) is 5.91 Å². The van der Waals surface area contributed by atoms with Crippen LogP contribution >= 0.6 is 11.6 Å². The second-order valence-electron chi connectivity index (χ2n) is 9.32. The highest BCUT2D eigenvalue weighted by Crippen LogP contribution is 2.50. The van der Waals surface area contributed by atoms with E-state index in [4.69, 9.17) is 16.3 Å². The van der Waals surface area contributed by atoms with Crippen molar-refractivity contribution in [3.8, 4) is 5.75 Å². The van der Waals surface area contributed by atoms with E-state index in [0.717, 1.165) is 50.2 Å². The van der Waals surface area contributed by atoms with E-state index in [2.05, 4.69) is 25.7 Å². The van der Waals surface area contributed by atoms with E-state index in [1.54, 1.807) is 16.5 Å². The van der Waals surface area contributed by atoms with Crippen molar-refractivity contribution in [3.05, 3.63) is 52.7 Å². The normalized spacial score (nSPS) is 19.6. The lowest BCUT2D eigenvalue weighted by Crippen LogP contribution is -2.65. The molecule has 1 aliphatic carbocycles. The Kier molecular flexibility index (Phi) is 4.92. The molecule has 8 nitrogen and oxygen atoms in total. The van der Waals surface area contributed by atoms with Crippen molar-refractivity contribution >= 4 is 28.8 Å². The molecule has 2 N–H and O–H groups in total. The van der Waals surface area contributed by atoms with Gasteiger partial charge in [-0.05, 0) is 31.4 Å². The summed E-state index contributed by atoms with van der Waals surface area (Å²) in [6.45, 7) is 4.18. The highest BCUT2D eigenvalue weighted by Gasteiger charge is 2.53. The van der Waals surface area contributed by atoms with Gasteiger partial charge in [-0.2, -0.15) is 0 Å². The van der Waals surface area contributed by atoms with Crippen LogP contribution < -0.4 is 15.4 Å². The number of ether oxygens (including phenoxy) is 1. The second-order valence-corrected chi connectivity index (χ2v) is 9.73. The summed E-state index contributed by atoms with van der Waals surface area (Å²) >= 11 is 6.24. The Balaban J connectivity index is 0.986. The van der Waals surface area contributed by atoms with Crippen LogP contribution in [0, 0.1) is 11.2 Å². The molecule has 33 heavy (non-hydrogen) atoms. The number of hydrogen-bond acceptors (Lipinski definition) is 6. The lowest BCUT2D eigenvalue weighted by atomic mass is 9.61. The Morgan fingerprint density at radius 1 is 1.33 bits per heavy atom. The van der Waals surface area contributed by atoms with E-state index in [1.807, 2.05) is 6.07 Å². The molecule has 2 fully saturated rings. The smallest absolute Gasteiger partial charge is 0.253 e. The molecule has 2 aliphatic heterocycles. The maximum atomic E-state index is 14.2. The number of benzene rings is 1. The summed E-state index contributed by atoms with van der Waals surface area (Å²) in [5.41, 5.74) is 2.86. The number of likely N-dealkylation sites (tertiary alicyclic amines) is 1. The Labute approximate surface area is 195 Å². The lowest BCUT2D eigenvalue weighted by molar-refractivity contribution is -0.117. The SMILES string of the molecule is O=C1NCCc2c(OC3CC4(C3)CN(CCNc3cc5nncn5cc3F)C4)ccc(Cl)c21. The molecule has 10 heteroatoms. The van der Waals surface area contributed by atoms with Gasteiger partial charge in [-0.3, -0.25) is 9.20 Å². The molecule has 4 heterocycles. The molecule has 1 aromatic carbocycles. The monoisotopic (exact) mass is 470 g/mol. The van der Waals surface area contributed by atoms with Crippen LogP contribution in [0.1, 0.15) is 28.8 Å². The summed E-state index contributed by atoms with van der Waals surface area (Å²) in [6, 6.07) is 5.31. The van der Waals surface area contributed by atoms with E-state index < -0.39 is 0 Å². The summed E-state index contributed by atoms with van der Waals surface area (Å²) in [7, 11) is 0. The number of pyridine rings is 1. The summed E-state index contributed by atoms with van der Waals surface area (Å²) in [4.78, 5) is 14.6. The number of amides is 1. The largest absolute Gasteiger partial charge is 0.490 e. The second kappa shape index (κ2) is 7.85. The van der Waals surface area contributed by atoms with E-state index in [0.29, 0.717) is 40.4 Å². The third-order valence-electron chi connectivity index (χ3n) is 6.97. The third-order valence-corrected chi connectivity index (χ3v) is 7.28. The maximum Gasteiger partial charge on any atom is 0.253 e. The van der Waals surface area contributed by atoms with Gasteiger partial charge in [0.15, 0.2) is 11.5 Å². The van der Waals surface area contributed by atoms with Crippen molar-refractivity contribution in [1.82, 2.24) is 24.8 Å². The first kappa shape index (κ1) is 20.7. The molecule has 0 radical (unpaired) electrons. The third kappa shape index (κ3) is 3.69. The van der Waals surface area contributed by atoms with Crippen LogP contribution in [0.3, 0.4) is 0 Å². The van der Waals surface area contributed by atoms with Gasteiger partial charge in [0.1, 0.15) is 12.1 Å². The zero-order valence-electron chi connectivity index (χ0n) is 18.0. The van der Waals surface area contributed by atoms with Gasteiger partial charge in [0.05, 0.1) is 22.4 Å². The first-order chi connectivity index (χ1) is 16.0. The van der Waals surface area contributed by atoms with Crippen LogP contribution in [0.2, 0.25) is 5.02 Å². The van der Waals surface area contributed by atoms with E-state index in [1.165, 1.54) is 12.5 Å². The lowest BCUT2D eigenvalue weighted by Gasteiger charge is -2.58. The molecule has 0 bridgehead atoms. The summed E-state index contributed by atoms with van der Waals surface area (Å²) < 4.78 is 22.0. The van der Waals surface area contributed by atoms with Crippen LogP contribution in [0.5, 0.6) is 5.75 Å². The number of hydrogen-bond donors (Lipinski definition) is 2. The first-order valence-corrected chi connectivity index (χ1v) is 11.6. The number of aromatic nitrogens is 3. The van der Waals surface area contributed by atoms with Gasteiger partial charge >= 0.3 is 0 Å². The number of fused-ring (bicyclic) bond motifs is 2. The molecule has 6 rings (SSSR count). The standard InChI is InChI=1S/C23H24ClFN6O2/c24-16-1-2-19(15-3-4-27-22(32)21(15)16)33-14-8-23(9-14)11-30(12-23)6-5-26-18-7-20-29-28-13-31(20)10-17(18)25/h1-2,7,10,13-14,26H,3-6,8-9,11-12H2,(H,27,32). The molecule has 2 aromatic heterocycles. The fourth-order valence-corrected chi connectivity index (χ4v) is 5.67. The Morgan fingerprint density at radius 3 is 3.03 bits per heavy atom. The number of nitrogens with one attached hydrogen (secondary N) is 2. The Bertz CT molecular complexity index is 1230. The quantitative estimate of drug-likeness (QED) is 0.576. The highest BCUT2D eigenvalue weighted by atomic mass is 35.5. The average Bonchev–Trinajstić information content (AvgIpc) is 3.19. The predicted octanol–water partition coefficient (Wildman–Crippen LogP) is 2.76. The van der Waals surface area contributed by atoms with Crippen molar-refractivity contribution in [2.45, 2.75) is 25.4 Å². The molecule has 1 amide bonds.